The van der Waals surface area contributed by atoms with Crippen molar-refractivity contribution < 1.29 is 39.3 Å². The van der Waals surface area contributed by atoms with Crippen LogP contribution in [-0.4, -0.2) is 66.6 Å². The molecule has 6 rings (SSSR count). The van der Waals surface area contributed by atoms with Crippen molar-refractivity contribution in [1.29, 1.82) is 0 Å². The highest BCUT2D eigenvalue weighted by Gasteiger charge is 2.75. The summed E-state index contributed by atoms with van der Waals surface area (Å²) in [7, 11) is 1.30. The van der Waals surface area contributed by atoms with Crippen LogP contribution in [0.1, 0.15) is 34.7 Å². The lowest BCUT2D eigenvalue weighted by Gasteiger charge is -2.50. The van der Waals surface area contributed by atoms with Crippen LogP contribution < -0.4 is 4.90 Å². The van der Waals surface area contributed by atoms with Crippen LogP contribution in [0.3, 0.4) is 0 Å². The van der Waals surface area contributed by atoms with Gasteiger partial charge in [0.05, 0.1) is 17.5 Å². The van der Waals surface area contributed by atoms with Crippen LogP contribution in [0.15, 0.2) is 54.1 Å². The van der Waals surface area contributed by atoms with Crippen molar-refractivity contribution in [1.82, 2.24) is 4.90 Å². The summed E-state index contributed by atoms with van der Waals surface area (Å²) >= 11 is 14.1. The van der Waals surface area contributed by atoms with Gasteiger partial charge < -0.3 is 15.3 Å². The summed E-state index contributed by atoms with van der Waals surface area (Å²) in [5.41, 5.74) is 0.732. The number of phenols is 2. The molecule has 1 saturated carbocycles. The van der Waals surface area contributed by atoms with Gasteiger partial charge in [-0.3, -0.25) is 24.1 Å². The second-order valence-corrected chi connectivity index (χ2v) is 11.8. The SMILES string of the molecule is CN1C(=O)C2(Cl)CC3C(=CCC4C(=O)N(c5ccc(C(=O)O)c(O)c5)C(=O)C43)C(c3ccc(O)cc3)C2(Cl)C1=O. The van der Waals surface area contributed by atoms with E-state index in [1.807, 2.05) is 0 Å². The van der Waals surface area contributed by atoms with Gasteiger partial charge in [-0.2, -0.15) is 0 Å². The Labute approximate surface area is 237 Å². The predicted molar refractivity (Wildman–Crippen MR) is 141 cm³/mol. The van der Waals surface area contributed by atoms with E-state index in [1.54, 1.807) is 18.2 Å². The Balaban J connectivity index is 1.48. The summed E-state index contributed by atoms with van der Waals surface area (Å²) in [6.45, 7) is 0. The van der Waals surface area contributed by atoms with Crippen LogP contribution in [0.25, 0.3) is 0 Å². The maximum Gasteiger partial charge on any atom is 0.339 e. The molecular formula is C28H22Cl2N2O8. The number of aromatic hydroxyl groups is 2. The molecule has 2 aromatic rings. The van der Waals surface area contributed by atoms with Crippen molar-refractivity contribution in [2.45, 2.75) is 28.5 Å². The van der Waals surface area contributed by atoms with Gasteiger partial charge in [0.25, 0.3) is 11.8 Å². The molecule has 2 heterocycles. The molecule has 2 aliphatic heterocycles. The van der Waals surface area contributed by atoms with Gasteiger partial charge in [-0.15, -0.1) is 23.2 Å². The lowest BCUT2D eigenvalue weighted by atomic mass is 9.56. The van der Waals surface area contributed by atoms with E-state index in [4.69, 9.17) is 23.2 Å². The molecule has 206 valence electrons. The number of anilines is 1. The summed E-state index contributed by atoms with van der Waals surface area (Å²) in [6, 6.07) is 9.42. The fourth-order valence-corrected chi connectivity index (χ4v) is 7.90. The second kappa shape index (κ2) is 8.55. The molecule has 0 radical (unpaired) electrons. The number of likely N-dealkylation sites (tertiary alicyclic amines) is 1. The van der Waals surface area contributed by atoms with Gasteiger partial charge in [0.2, 0.25) is 11.8 Å². The molecule has 4 aliphatic rings. The fraction of sp³-hybridized carbons (Fsp3) is 0.321. The molecule has 40 heavy (non-hydrogen) atoms. The topological polar surface area (TPSA) is 153 Å². The molecule has 2 aromatic carbocycles. The largest absolute Gasteiger partial charge is 0.508 e. The summed E-state index contributed by atoms with van der Waals surface area (Å²) < 4.78 is 0. The van der Waals surface area contributed by atoms with Crippen LogP contribution in [0.5, 0.6) is 11.5 Å². The number of carboxylic acids is 1. The molecule has 6 atom stereocenters. The van der Waals surface area contributed by atoms with Gasteiger partial charge >= 0.3 is 5.97 Å². The number of allylic oxidation sites excluding steroid dienone is 2. The predicted octanol–water partition coefficient (Wildman–Crippen LogP) is 2.99. The molecule has 10 nitrogen and oxygen atoms in total. The van der Waals surface area contributed by atoms with E-state index in [0.717, 1.165) is 21.9 Å². The number of hydrogen-bond donors (Lipinski definition) is 3. The monoisotopic (exact) mass is 584 g/mol. The number of benzene rings is 2. The van der Waals surface area contributed by atoms with Crippen molar-refractivity contribution in [3.63, 3.8) is 0 Å². The Morgan fingerprint density at radius 3 is 2.25 bits per heavy atom. The molecule has 12 heteroatoms. The third-order valence-electron chi connectivity index (χ3n) is 8.71. The summed E-state index contributed by atoms with van der Waals surface area (Å²) in [5, 5.41) is 29.3. The van der Waals surface area contributed by atoms with Gasteiger partial charge in [-0.25, -0.2) is 9.69 Å². The quantitative estimate of drug-likeness (QED) is 0.283. The summed E-state index contributed by atoms with van der Waals surface area (Å²) in [5.74, 6) is -7.95. The van der Waals surface area contributed by atoms with E-state index in [2.05, 4.69) is 0 Å². The van der Waals surface area contributed by atoms with E-state index in [9.17, 15) is 39.3 Å². The van der Waals surface area contributed by atoms with E-state index < -0.39 is 68.8 Å². The number of carboxylic acid groups (broad SMARTS) is 1. The number of rotatable bonds is 3. The molecule has 0 bridgehead atoms. The average Bonchev–Trinajstić information content (AvgIpc) is 3.24. The lowest BCUT2D eigenvalue weighted by Crippen LogP contribution is -2.60. The van der Waals surface area contributed by atoms with Crippen molar-refractivity contribution in [2.24, 2.45) is 17.8 Å². The zero-order valence-electron chi connectivity index (χ0n) is 20.9. The number of carbonyl (C=O) groups is 5. The molecule has 0 aromatic heterocycles. The smallest absolute Gasteiger partial charge is 0.339 e. The number of carbonyl (C=O) groups excluding carboxylic acids is 4. The number of aromatic carboxylic acids is 1. The van der Waals surface area contributed by atoms with Crippen LogP contribution >= 0.6 is 23.2 Å². The normalized spacial score (nSPS) is 33.0. The number of alkyl halides is 2. The maximum atomic E-state index is 13.9. The first-order chi connectivity index (χ1) is 18.8. The van der Waals surface area contributed by atoms with Gasteiger partial charge in [0, 0.05) is 19.0 Å². The van der Waals surface area contributed by atoms with Crippen molar-refractivity contribution in [3.8, 4) is 11.5 Å². The van der Waals surface area contributed by atoms with E-state index in [0.29, 0.717) is 11.1 Å². The first-order valence-corrected chi connectivity index (χ1v) is 13.2. The maximum absolute atomic E-state index is 13.9. The van der Waals surface area contributed by atoms with Gasteiger partial charge in [-0.05, 0) is 48.6 Å². The molecule has 3 fully saturated rings. The fourth-order valence-electron chi connectivity index (χ4n) is 6.88. The highest BCUT2D eigenvalue weighted by molar-refractivity contribution is 6.53. The Kier molecular flexibility index (Phi) is 5.63. The van der Waals surface area contributed by atoms with Crippen LogP contribution in [0, 0.1) is 17.8 Å². The Morgan fingerprint density at radius 1 is 0.950 bits per heavy atom. The van der Waals surface area contributed by atoms with Crippen LogP contribution in [0.4, 0.5) is 5.69 Å². The van der Waals surface area contributed by atoms with Crippen molar-refractivity contribution in [2.75, 3.05) is 11.9 Å². The van der Waals surface area contributed by atoms with Crippen molar-refractivity contribution >= 4 is 58.5 Å². The first-order valence-electron chi connectivity index (χ1n) is 12.5. The molecule has 6 unspecified atom stereocenters. The number of nitrogens with zero attached hydrogens (tertiary/aromatic N) is 2. The molecule has 4 amide bonds. The minimum absolute atomic E-state index is 0.0125. The standard InChI is InChI=1S/C28H22Cl2N2O8/c1-31-25(39)27(29)11-18-15(21(28(27,30)26(31)40)12-2-5-14(33)6-3-12)8-9-17-20(18)23(36)32(22(17)35)13-4-7-16(24(37)38)19(34)10-13/h2-8,10,17-18,20-21,33-34H,9,11H2,1H3,(H,37,38). The average molecular weight is 585 g/mol. The van der Waals surface area contributed by atoms with Gasteiger partial charge in [0.15, 0.2) is 9.75 Å². The van der Waals surface area contributed by atoms with Gasteiger partial charge in [0.1, 0.15) is 17.1 Å². The Hall–Kier alpha value is -3.89. The Morgan fingerprint density at radius 2 is 1.62 bits per heavy atom. The number of imide groups is 2. The highest BCUT2D eigenvalue weighted by atomic mass is 35.5. The zero-order valence-corrected chi connectivity index (χ0v) is 22.4. The molecule has 2 saturated heterocycles. The van der Waals surface area contributed by atoms with Gasteiger partial charge in [-0.1, -0.05) is 23.8 Å². The third kappa shape index (κ3) is 3.20. The lowest BCUT2D eigenvalue weighted by molar-refractivity contribution is -0.138. The summed E-state index contributed by atoms with van der Waals surface area (Å²) in [4.78, 5) is 63.7. The summed E-state index contributed by atoms with van der Waals surface area (Å²) in [6.07, 6.45) is 1.75. The van der Waals surface area contributed by atoms with Crippen molar-refractivity contribution in [3.05, 3.63) is 65.2 Å². The highest BCUT2D eigenvalue weighted by Crippen LogP contribution is 2.65. The molecular weight excluding hydrogens is 563 g/mol. The van der Waals surface area contributed by atoms with Crippen LogP contribution in [0.2, 0.25) is 0 Å². The molecule has 0 spiro atoms. The molecule has 2 aliphatic carbocycles. The van der Waals surface area contributed by atoms with E-state index in [1.165, 1.54) is 25.2 Å². The minimum Gasteiger partial charge on any atom is -0.508 e. The zero-order chi connectivity index (χ0) is 28.9. The first kappa shape index (κ1) is 26.3. The number of hydrogen-bond acceptors (Lipinski definition) is 7. The number of amides is 4. The number of fused-ring (bicyclic) bond motifs is 4. The molecule has 3 N–H and O–H groups in total. The third-order valence-corrected chi connectivity index (χ3v) is 10.1. The number of halogens is 2. The Bertz CT molecular complexity index is 1570. The minimum atomic E-state index is -1.93. The number of phenolic OH excluding ortho intramolecular Hbond substituents is 1. The van der Waals surface area contributed by atoms with E-state index in [-0.39, 0.29) is 29.8 Å². The van der Waals surface area contributed by atoms with Crippen LogP contribution in [-0.2, 0) is 19.2 Å². The second-order valence-electron chi connectivity index (χ2n) is 10.6. The van der Waals surface area contributed by atoms with E-state index >= 15 is 0 Å².